The minimum absolute atomic E-state index is 0.0696. The van der Waals surface area contributed by atoms with Gasteiger partial charge in [0.1, 0.15) is 11.8 Å². The van der Waals surface area contributed by atoms with Crippen molar-refractivity contribution in [2.24, 2.45) is 5.11 Å². The van der Waals surface area contributed by atoms with Crippen LogP contribution in [0.15, 0.2) is 5.11 Å². The molecule has 0 N–H and O–H groups in total. The van der Waals surface area contributed by atoms with E-state index in [1.807, 2.05) is 0 Å². The number of hydrogen-bond donors (Lipinski definition) is 0. The molecule has 1 aliphatic rings. The Hall–Kier alpha value is -1.49. The average molecular weight is 230 g/mol. The molecule has 6 nitrogen and oxygen atoms in total. The summed E-state index contributed by atoms with van der Waals surface area (Å²) in [7, 11) is 0. The number of carbonyl (C=O) groups excluding carboxylic acids is 1. The maximum Gasteiger partial charge on any atom is 0.410 e. The molecule has 0 aromatic heterocycles. The van der Waals surface area contributed by atoms with E-state index in [-0.39, 0.29) is 13.1 Å². The van der Waals surface area contributed by atoms with Crippen molar-refractivity contribution in [1.82, 2.24) is 4.90 Å². The van der Waals surface area contributed by atoms with Gasteiger partial charge in [-0.05, 0) is 26.3 Å². The standard InChI is InChI=1S/C9H15FN4O2/c1-9(2,3)16-8(15)14-4-6(10)7(5-14)12-13-11/h6-7H,4-5H2,1-3H3/t6-,7+/m1/s1. The predicted octanol–water partition coefficient (Wildman–Crippen LogP) is 2.25. The first-order valence-electron chi connectivity index (χ1n) is 4.99. The van der Waals surface area contributed by atoms with Crippen molar-refractivity contribution in [3.8, 4) is 0 Å². The lowest BCUT2D eigenvalue weighted by Crippen LogP contribution is -2.35. The first-order valence-corrected chi connectivity index (χ1v) is 4.99. The first kappa shape index (κ1) is 12.6. The minimum atomic E-state index is -1.32. The van der Waals surface area contributed by atoms with Crippen molar-refractivity contribution in [1.29, 1.82) is 0 Å². The molecule has 7 heteroatoms. The van der Waals surface area contributed by atoms with Crippen LogP contribution in [0.5, 0.6) is 0 Å². The van der Waals surface area contributed by atoms with Crippen LogP contribution >= 0.6 is 0 Å². The number of carbonyl (C=O) groups is 1. The molecule has 1 saturated heterocycles. The molecule has 1 fully saturated rings. The highest BCUT2D eigenvalue weighted by Gasteiger charge is 2.36. The Morgan fingerprint density at radius 3 is 2.69 bits per heavy atom. The van der Waals surface area contributed by atoms with Crippen LogP contribution in [0.2, 0.25) is 0 Å². The van der Waals surface area contributed by atoms with Crippen LogP contribution in [0.3, 0.4) is 0 Å². The quantitative estimate of drug-likeness (QED) is 0.393. The van der Waals surface area contributed by atoms with E-state index in [4.69, 9.17) is 10.3 Å². The van der Waals surface area contributed by atoms with Gasteiger partial charge in [-0.25, -0.2) is 9.18 Å². The van der Waals surface area contributed by atoms with Gasteiger partial charge < -0.3 is 9.64 Å². The number of halogens is 1. The zero-order valence-corrected chi connectivity index (χ0v) is 9.55. The molecule has 1 rings (SSSR count). The molecule has 1 heterocycles. The summed E-state index contributed by atoms with van der Waals surface area (Å²) in [5, 5.41) is 3.29. The average Bonchev–Trinajstić information content (AvgIpc) is 2.46. The van der Waals surface area contributed by atoms with Crippen molar-refractivity contribution in [3.63, 3.8) is 0 Å². The maximum absolute atomic E-state index is 13.3. The lowest BCUT2D eigenvalue weighted by Gasteiger charge is -2.24. The van der Waals surface area contributed by atoms with Crippen molar-refractivity contribution in [2.75, 3.05) is 13.1 Å². The number of amides is 1. The van der Waals surface area contributed by atoms with Gasteiger partial charge in [0.05, 0.1) is 12.6 Å². The highest BCUT2D eigenvalue weighted by molar-refractivity contribution is 5.68. The number of hydrogen-bond acceptors (Lipinski definition) is 3. The highest BCUT2D eigenvalue weighted by Crippen LogP contribution is 2.19. The summed E-state index contributed by atoms with van der Waals surface area (Å²) in [6.07, 6.45) is -1.89. The van der Waals surface area contributed by atoms with E-state index in [1.54, 1.807) is 20.8 Å². The number of alkyl halides is 1. The summed E-state index contributed by atoms with van der Waals surface area (Å²) in [6, 6.07) is -0.808. The summed E-state index contributed by atoms with van der Waals surface area (Å²) in [5.41, 5.74) is 7.60. The summed E-state index contributed by atoms with van der Waals surface area (Å²) in [4.78, 5) is 15.3. The number of azide groups is 1. The van der Waals surface area contributed by atoms with Crippen LogP contribution in [0, 0.1) is 0 Å². The van der Waals surface area contributed by atoms with Gasteiger partial charge >= 0.3 is 6.09 Å². The molecule has 1 amide bonds. The van der Waals surface area contributed by atoms with Crippen LogP contribution in [-0.2, 0) is 4.74 Å². The second-order valence-corrected chi connectivity index (χ2v) is 4.67. The SMILES string of the molecule is CC(C)(C)OC(=O)N1C[C@@H](F)[C@@H](N=[N+]=[N-])C1. The molecule has 0 saturated carbocycles. The molecule has 0 aliphatic carbocycles. The minimum Gasteiger partial charge on any atom is -0.444 e. The Kier molecular flexibility index (Phi) is 3.59. The number of ether oxygens (including phenoxy) is 1. The predicted molar refractivity (Wildman–Crippen MR) is 55.6 cm³/mol. The second-order valence-electron chi connectivity index (χ2n) is 4.67. The van der Waals surface area contributed by atoms with Gasteiger partial charge in [0, 0.05) is 11.5 Å². The molecule has 0 aromatic carbocycles. The first-order chi connectivity index (χ1) is 7.33. The Bertz CT molecular complexity index is 322. The fourth-order valence-corrected chi connectivity index (χ4v) is 1.40. The Balaban J connectivity index is 2.58. The molecular formula is C9H15FN4O2. The van der Waals surface area contributed by atoms with Gasteiger partial charge in [0.2, 0.25) is 0 Å². The molecule has 0 radical (unpaired) electrons. The zero-order chi connectivity index (χ0) is 12.3. The molecule has 0 bridgehead atoms. The number of rotatable bonds is 1. The third-order valence-corrected chi connectivity index (χ3v) is 2.07. The maximum atomic E-state index is 13.3. The van der Waals surface area contributed by atoms with E-state index in [2.05, 4.69) is 10.0 Å². The van der Waals surface area contributed by atoms with Crippen LogP contribution in [0.1, 0.15) is 20.8 Å². The lowest BCUT2D eigenvalue weighted by atomic mass is 10.2. The number of likely N-dealkylation sites (tertiary alicyclic amines) is 1. The Morgan fingerprint density at radius 2 is 2.19 bits per heavy atom. The molecule has 2 atom stereocenters. The van der Waals surface area contributed by atoms with Gasteiger partial charge in [0.25, 0.3) is 0 Å². The number of nitrogens with zero attached hydrogens (tertiary/aromatic N) is 4. The van der Waals surface area contributed by atoms with Crippen molar-refractivity contribution < 1.29 is 13.9 Å². The van der Waals surface area contributed by atoms with E-state index < -0.39 is 23.9 Å². The van der Waals surface area contributed by atoms with Crippen molar-refractivity contribution >= 4 is 6.09 Å². The molecule has 1 aliphatic heterocycles. The molecule has 0 unspecified atom stereocenters. The highest BCUT2D eigenvalue weighted by atomic mass is 19.1. The van der Waals surface area contributed by atoms with Crippen molar-refractivity contribution in [2.45, 2.75) is 38.6 Å². The van der Waals surface area contributed by atoms with Gasteiger partial charge in [-0.15, -0.1) is 0 Å². The zero-order valence-electron chi connectivity index (χ0n) is 9.55. The normalized spacial score (nSPS) is 25.1. The second kappa shape index (κ2) is 4.57. The summed E-state index contributed by atoms with van der Waals surface area (Å²) < 4.78 is 18.4. The summed E-state index contributed by atoms with van der Waals surface area (Å²) in [6.45, 7) is 5.19. The van der Waals surface area contributed by atoms with E-state index in [0.29, 0.717) is 0 Å². The van der Waals surface area contributed by atoms with E-state index in [1.165, 1.54) is 4.90 Å². The topological polar surface area (TPSA) is 78.3 Å². The monoisotopic (exact) mass is 230 g/mol. The Morgan fingerprint density at radius 1 is 1.56 bits per heavy atom. The summed E-state index contributed by atoms with van der Waals surface area (Å²) >= 11 is 0. The Labute approximate surface area is 93.0 Å². The third kappa shape index (κ3) is 3.27. The van der Waals surface area contributed by atoms with Gasteiger partial charge in [-0.1, -0.05) is 5.11 Å². The largest absolute Gasteiger partial charge is 0.444 e. The lowest BCUT2D eigenvalue weighted by molar-refractivity contribution is 0.0283. The summed E-state index contributed by atoms with van der Waals surface area (Å²) in [5.74, 6) is 0. The molecule has 0 aromatic rings. The van der Waals surface area contributed by atoms with Gasteiger partial charge in [0.15, 0.2) is 0 Å². The van der Waals surface area contributed by atoms with Gasteiger partial charge in [-0.3, -0.25) is 0 Å². The molecule has 0 spiro atoms. The molecular weight excluding hydrogens is 215 g/mol. The van der Waals surface area contributed by atoms with Crippen LogP contribution in [0.25, 0.3) is 10.4 Å². The van der Waals surface area contributed by atoms with E-state index in [0.717, 1.165) is 0 Å². The van der Waals surface area contributed by atoms with Gasteiger partial charge in [-0.2, -0.15) is 0 Å². The molecule has 16 heavy (non-hydrogen) atoms. The van der Waals surface area contributed by atoms with Crippen LogP contribution in [0.4, 0.5) is 9.18 Å². The van der Waals surface area contributed by atoms with Crippen LogP contribution < -0.4 is 0 Å². The fraction of sp³-hybridized carbons (Fsp3) is 0.889. The fourth-order valence-electron chi connectivity index (χ4n) is 1.40. The van der Waals surface area contributed by atoms with E-state index in [9.17, 15) is 9.18 Å². The van der Waals surface area contributed by atoms with E-state index >= 15 is 0 Å². The van der Waals surface area contributed by atoms with Crippen LogP contribution in [-0.4, -0.2) is 41.9 Å². The van der Waals surface area contributed by atoms with Crippen molar-refractivity contribution in [3.05, 3.63) is 10.4 Å². The third-order valence-electron chi connectivity index (χ3n) is 2.07. The smallest absolute Gasteiger partial charge is 0.410 e. The molecule has 90 valence electrons.